The molecule has 7 nitrogen and oxygen atoms in total. The highest BCUT2D eigenvalue weighted by Gasteiger charge is 2.17. The predicted octanol–water partition coefficient (Wildman–Crippen LogP) is 1.34. The maximum atomic E-state index is 12.4. The number of nitrogens with zero attached hydrogens (tertiary/aromatic N) is 2. The van der Waals surface area contributed by atoms with E-state index in [-0.39, 0.29) is 22.3 Å². The number of ether oxygens (including phenoxy) is 1. The summed E-state index contributed by atoms with van der Waals surface area (Å²) in [6.45, 7) is -3.05. The Morgan fingerprint density at radius 3 is 2.86 bits per heavy atom. The molecule has 0 amide bonds. The van der Waals surface area contributed by atoms with Crippen LogP contribution in [0.4, 0.5) is 8.78 Å². The average Bonchev–Trinajstić information content (AvgIpc) is 2.77. The van der Waals surface area contributed by atoms with E-state index in [9.17, 15) is 18.4 Å². The van der Waals surface area contributed by atoms with Crippen LogP contribution in [-0.2, 0) is 4.79 Å². The van der Waals surface area contributed by atoms with Gasteiger partial charge in [0.25, 0.3) is 0 Å². The van der Waals surface area contributed by atoms with Crippen molar-refractivity contribution in [1.82, 2.24) is 14.8 Å². The molecule has 0 fully saturated rings. The minimum absolute atomic E-state index is 0.0349. The van der Waals surface area contributed by atoms with E-state index in [4.69, 9.17) is 5.11 Å². The number of hydrogen-bond acceptors (Lipinski definition) is 5. The van der Waals surface area contributed by atoms with E-state index in [0.29, 0.717) is 0 Å². The Morgan fingerprint density at radius 1 is 1.48 bits per heavy atom. The predicted molar refractivity (Wildman–Crippen MR) is 69.2 cm³/mol. The molecule has 2 N–H and O–H groups in total. The van der Waals surface area contributed by atoms with Gasteiger partial charge in [-0.05, 0) is 12.1 Å². The fourth-order valence-electron chi connectivity index (χ4n) is 1.56. The van der Waals surface area contributed by atoms with Crippen LogP contribution in [-0.4, -0.2) is 38.2 Å². The molecule has 0 aliphatic heterocycles. The Morgan fingerprint density at radius 2 is 2.19 bits per heavy atom. The van der Waals surface area contributed by atoms with E-state index in [2.05, 4.69) is 14.9 Å². The van der Waals surface area contributed by atoms with Crippen LogP contribution in [0.3, 0.4) is 0 Å². The summed E-state index contributed by atoms with van der Waals surface area (Å²) in [5, 5.41) is 14.5. The number of thioether (sulfide) groups is 1. The molecule has 112 valence electrons. The largest absolute Gasteiger partial charge is 0.481 e. The lowest BCUT2D eigenvalue weighted by molar-refractivity contribution is -0.133. The minimum atomic E-state index is -3.05. The highest BCUT2D eigenvalue weighted by molar-refractivity contribution is 7.99. The first-order valence-electron chi connectivity index (χ1n) is 5.55. The third-order valence-electron chi connectivity index (χ3n) is 2.29. The maximum absolute atomic E-state index is 12.4. The molecular weight excluding hydrogens is 308 g/mol. The normalized spacial score (nSPS) is 10.8. The van der Waals surface area contributed by atoms with Crippen molar-refractivity contribution < 1.29 is 23.4 Å². The molecule has 2 rings (SSSR count). The van der Waals surface area contributed by atoms with Crippen molar-refractivity contribution in [3.05, 3.63) is 34.7 Å². The second-order valence-electron chi connectivity index (χ2n) is 3.68. The summed E-state index contributed by atoms with van der Waals surface area (Å²) < 4.78 is 30.1. The second kappa shape index (κ2) is 6.39. The molecule has 0 radical (unpaired) electrons. The number of benzene rings is 1. The van der Waals surface area contributed by atoms with Gasteiger partial charge in [-0.2, -0.15) is 8.78 Å². The second-order valence-corrected chi connectivity index (χ2v) is 4.62. The summed E-state index contributed by atoms with van der Waals surface area (Å²) in [7, 11) is 0. The van der Waals surface area contributed by atoms with E-state index < -0.39 is 18.3 Å². The van der Waals surface area contributed by atoms with Crippen molar-refractivity contribution in [2.45, 2.75) is 11.8 Å². The standard InChI is InChI=1S/C11H9F2N3O4S/c12-9(13)20-7-4-2-1-3-6(7)16-10(19)14-15-11(16)21-5-8(17)18/h1-4,9H,5H2,(H,14,19)(H,17,18). The number of H-pyrrole nitrogens is 1. The number of aromatic amines is 1. The fourth-order valence-corrected chi connectivity index (χ4v) is 2.23. The molecule has 0 saturated carbocycles. The molecular formula is C11H9F2N3O4S. The SMILES string of the molecule is O=C(O)CSc1n[nH]c(=O)n1-c1ccccc1OC(F)F. The molecule has 2 aromatic rings. The van der Waals surface area contributed by atoms with Gasteiger partial charge in [0.15, 0.2) is 5.16 Å². The highest BCUT2D eigenvalue weighted by Crippen LogP contribution is 2.26. The van der Waals surface area contributed by atoms with Crippen LogP contribution < -0.4 is 10.4 Å². The first kappa shape index (κ1) is 15.0. The number of carbonyl (C=O) groups is 1. The van der Waals surface area contributed by atoms with Gasteiger partial charge in [-0.25, -0.2) is 14.5 Å². The molecule has 0 atom stereocenters. The zero-order valence-corrected chi connectivity index (χ0v) is 11.1. The molecule has 0 unspecified atom stereocenters. The maximum Gasteiger partial charge on any atom is 0.387 e. The molecule has 0 saturated heterocycles. The lowest BCUT2D eigenvalue weighted by atomic mass is 10.3. The van der Waals surface area contributed by atoms with Crippen LogP contribution in [0.25, 0.3) is 5.69 Å². The van der Waals surface area contributed by atoms with Gasteiger partial charge in [-0.1, -0.05) is 23.9 Å². The van der Waals surface area contributed by atoms with Gasteiger partial charge < -0.3 is 9.84 Å². The third kappa shape index (κ3) is 3.60. The van der Waals surface area contributed by atoms with Crippen molar-refractivity contribution in [1.29, 1.82) is 0 Å². The quantitative estimate of drug-likeness (QED) is 0.780. The lowest BCUT2D eigenvalue weighted by Gasteiger charge is -2.11. The molecule has 1 aromatic heterocycles. The number of alkyl halides is 2. The zero-order valence-electron chi connectivity index (χ0n) is 10.3. The number of halogens is 2. The van der Waals surface area contributed by atoms with Crippen LogP contribution in [0.2, 0.25) is 0 Å². The molecule has 0 aliphatic carbocycles. The summed E-state index contributed by atoms with van der Waals surface area (Å²) >= 11 is 0.776. The summed E-state index contributed by atoms with van der Waals surface area (Å²) in [5.74, 6) is -1.64. The van der Waals surface area contributed by atoms with Gasteiger partial charge in [0.05, 0.1) is 11.4 Å². The summed E-state index contributed by atoms with van der Waals surface area (Å²) in [5.41, 5.74) is -0.641. The van der Waals surface area contributed by atoms with Gasteiger partial charge >= 0.3 is 18.3 Å². The van der Waals surface area contributed by atoms with Crippen LogP contribution in [0.15, 0.2) is 34.2 Å². The topological polar surface area (TPSA) is 97.2 Å². The highest BCUT2D eigenvalue weighted by atomic mass is 32.2. The summed E-state index contributed by atoms with van der Waals surface area (Å²) in [4.78, 5) is 22.3. The van der Waals surface area contributed by atoms with E-state index >= 15 is 0 Å². The number of aromatic nitrogens is 3. The number of rotatable bonds is 6. The van der Waals surface area contributed by atoms with Gasteiger partial charge in [0.1, 0.15) is 5.75 Å². The van der Waals surface area contributed by atoms with E-state index in [0.717, 1.165) is 16.3 Å². The number of carboxylic acids is 1. The van der Waals surface area contributed by atoms with Gasteiger partial charge in [0.2, 0.25) is 0 Å². The molecule has 1 aromatic carbocycles. The number of aliphatic carboxylic acids is 1. The van der Waals surface area contributed by atoms with Gasteiger partial charge in [-0.3, -0.25) is 4.79 Å². The van der Waals surface area contributed by atoms with Crippen molar-refractivity contribution in [2.24, 2.45) is 0 Å². The number of para-hydroxylation sites is 2. The number of hydrogen-bond donors (Lipinski definition) is 2. The van der Waals surface area contributed by atoms with Crippen LogP contribution >= 0.6 is 11.8 Å². The number of carboxylic acid groups (broad SMARTS) is 1. The summed E-state index contributed by atoms with van der Waals surface area (Å²) in [6.07, 6.45) is 0. The minimum Gasteiger partial charge on any atom is -0.481 e. The average molecular weight is 317 g/mol. The summed E-state index contributed by atoms with van der Waals surface area (Å²) in [6, 6.07) is 5.65. The van der Waals surface area contributed by atoms with E-state index in [1.165, 1.54) is 24.3 Å². The molecule has 0 aliphatic rings. The van der Waals surface area contributed by atoms with Gasteiger partial charge in [-0.15, -0.1) is 5.10 Å². The Bertz CT molecular complexity index is 701. The smallest absolute Gasteiger partial charge is 0.387 e. The molecule has 21 heavy (non-hydrogen) atoms. The van der Waals surface area contributed by atoms with Crippen molar-refractivity contribution >= 4 is 17.7 Å². The zero-order chi connectivity index (χ0) is 15.4. The van der Waals surface area contributed by atoms with Crippen LogP contribution in [0, 0.1) is 0 Å². The molecule has 0 bridgehead atoms. The Balaban J connectivity index is 2.44. The monoisotopic (exact) mass is 317 g/mol. The third-order valence-corrected chi connectivity index (χ3v) is 3.21. The van der Waals surface area contributed by atoms with Crippen molar-refractivity contribution in [3.8, 4) is 11.4 Å². The lowest BCUT2D eigenvalue weighted by Crippen LogP contribution is -2.17. The van der Waals surface area contributed by atoms with E-state index in [1.54, 1.807) is 0 Å². The van der Waals surface area contributed by atoms with Gasteiger partial charge in [0, 0.05) is 0 Å². The van der Waals surface area contributed by atoms with E-state index in [1.807, 2.05) is 0 Å². The van der Waals surface area contributed by atoms with Crippen LogP contribution in [0.5, 0.6) is 5.75 Å². The van der Waals surface area contributed by atoms with Crippen LogP contribution in [0.1, 0.15) is 0 Å². The molecule has 10 heteroatoms. The Kier molecular flexibility index (Phi) is 4.58. The van der Waals surface area contributed by atoms with Crippen molar-refractivity contribution in [3.63, 3.8) is 0 Å². The molecule has 0 spiro atoms. The Labute approximate surface area is 120 Å². The fraction of sp³-hybridized carbons (Fsp3) is 0.182. The first-order chi connectivity index (χ1) is 9.99. The van der Waals surface area contributed by atoms with Crippen molar-refractivity contribution in [2.75, 3.05) is 5.75 Å². The number of nitrogens with one attached hydrogen (secondary N) is 1. The Hall–Kier alpha value is -2.36. The molecule has 1 heterocycles. The first-order valence-corrected chi connectivity index (χ1v) is 6.54.